The van der Waals surface area contributed by atoms with Gasteiger partial charge >= 0.3 is 0 Å². The molecule has 2 amide bonds. The zero-order chi connectivity index (χ0) is 17.1. The molecule has 1 N–H and O–H groups in total. The molecule has 1 aliphatic rings. The maximum atomic E-state index is 12.5. The Labute approximate surface area is 142 Å². The molecule has 0 radical (unpaired) electrons. The highest BCUT2D eigenvalue weighted by atomic mass is 16.2. The Bertz CT molecular complexity index is 755. The van der Waals surface area contributed by atoms with E-state index in [9.17, 15) is 9.59 Å². The van der Waals surface area contributed by atoms with Gasteiger partial charge in [0.1, 0.15) is 0 Å². The zero-order valence-electron chi connectivity index (χ0n) is 14.1. The largest absolute Gasteiger partial charge is 0.338 e. The van der Waals surface area contributed by atoms with Crippen molar-refractivity contribution in [3.05, 3.63) is 65.2 Å². The smallest absolute Gasteiger partial charge is 0.229 e. The molecule has 2 aromatic carbocycles. The van der Waals surface area contributed by atoms with Gasteiger partial charge in [0.2, 0.25) is 11.8 Å². The number of rotatable bonds is 4. The molecule has 0 bridgehead atoms. The minimum atomic E-state index is -0.291. The molecule has 0 saturated carbocycles. The summed E-state index contributed by atoms with van der Waals surface area (Å²) in [5.74, 6) is -0.325. The highest BCUT2D eigenvalue weighted by molar-refractivity contribution is 5.97. The number of nitrogens with one attached hydrogen (secondary N) is 1. The minimum absolute atomic E-state index is 0.0416. The van der Waals surface area contributed by atoms with E-state index < -0.39 is 0 Å². The monoisotopic (exact) mass is 322 g/mol. The second kappa shape index (κ2) is 6.87. The van der Waals surface area contributed by atoms with Crippen molar-refractivity contribution in [3.8, 4) is 0 Å². The Balaban J connectivity index is 1.64. The summed E-state index contributed by atoms with van der Waals surface area (Å²) < 4.78 is 0. The van der Waals surface area contributed by atoms with Crippen molar-refractivity contribution in [2.75, 3.05) is 11.9 Å². The molecule has 3 rings (SSSR count). The van der Waals surface area contributed by atoms with Gasteiger partial charge in [-0.3, -0.25) is 9.59 Å². The van der Waals surface area contributed by atoms with Gasteiger partial charge in [-0.2, -0.15) is 0 Å². The third-order valence-corrected chi connectivity index (χ3v) is 4.45. The van der Waals surface area contributed by atoms with Crippen LogP contribution in [0.2, 0.25) is 0 Å². The topological polar surface area (TPSA) is 49.4 Å². The lowest BCUT2D eigenvalue weighted by Crippen LogP contribution is -2.28. The van der Waals surface area contributed by atoms with Crippen LogP contribution in [0.3, 0.4) is 0 Å². The average molecular weight is 322 g/mol. The highest BCUT2D eigenvalue weighted by Crippen LogP contribution is 2.23. The van der Waals surface area contributed by atoms with Crippen LogP contribution in [-0.2, 0) is 16.1 Å². The molecule has 2 aromatic rings. The molecule has 1 aliphatic heterocycles. The van der Waals surface area contributed by atoms with Crippen LogP contribution in [0.15, 0.2) is 48.5 Å². The first-order valence-electron chi connectivity index (χ1n) is 8.23. The highest BCUT2D eigenvalue weighted by Gasteiger charge is 2.34. The molecular weight excluding hydrogens is 300 g/mol. The Morgan fingerprint density at radius 1 is 1.17 bits per heavy atom. The normalized spacial score (nSPS) is 17.2. The Kier molecular flexibility index (Phi) is 4.65. The van der Waals surface area contributed by atoms with Crippen LogP contribution in [0, 0.1) is 19.8 Å². The van der Waals surface area contributed by atoms with Crippen molar-refractivity contribution in [1.29, 1.82) is 0 Å². The minimum Gasteiger partial charge on any atom is -0.338 e. The number of amides is 2. The van der Waals surface area contributed by atoms with Crippen LogP contribution in [0.1, 0.15) is 23.1 Å². The standard InChI is InChI=1S/C20H22N2O2/c1-14-8-9-15(2)18(10-14)21-20(24)17-11-19(23)22(13-17)12-16-6-4-3-5-7-16/h3-10,17H,11-13H2,1-2H3,(H,21,24). The fourth-order valence-corrected chi connectivity index (χ4v) is 3.01. The van der Waals surface area contributed by atoms with Crippen molar-refractivity contribution in [2.45, 2.75) is 26.8 Å². The molecule has 0 spiro atoms. The Morgan fingerprint density at radius 2 is 1.92 bits per heavy atom. The van der Waals surface area contributed by atoms with Gasteiger partial charge in [0.15, 0.2) is 0 Å². The van der Waals surface area contributed by atoms with Gasteiger partial charge in [-0.25, -0.2) is 0 Å². The van der Waals surface area contributed by atoms with Crippen LogP contribution in [0.25, 0.3) is 0 Å². The lowest BCUT2D eigenvalue weighted by atomic mass is 10.1. The van der Waals surface area contributed by atoms with Gasteiger partial charge in [0, 0.05) is 25.2 Å². The van der Waals surface area contributed by atoms with Crippen LogP contribution in [-0.4, -0.2) is 23.3 Å². The average Bonchev–Trinajstić information content (AvgIpc) is 2.93. The lowest BCUT2D eigenvalue weighted by molar-refractivity contribution is -0.128. The van der Waals surface area contributed by atoms with Crippen LogP contribution >= 0.6 is 0 Å². The zero-order valence-corrected chi connectivity index (χ0v) is 14.1. The number of nitrogens with zero attached hydrogens (tertiary/aromatic N) is 1. The van der Waals surface area contributed by atoms with Crippen LogP contribution < -0.4 is 5.32 Å². The van der Waals surface area contributed by atoms with Gasteiger partial charge in [0.05, 0.1) is 5.92 Å². The predicted molar refractivity (Wildman–Crippen MR) is 94.5 cm³/mol. The summed E-state index contributed by atoms with van der Waals surface area (Å²) in [5.41, 5.74) is 4.04. The van der Waals surface area contributed by atoms with E-state index in [1.165, 1.54) is 0 Å². The summed E-state index contributed by atoms with van der Waals surface area (Å²) >= 11 is 0. The van der Waals surface area contributed by atoms with E-state index in [-0.39, 0.29) is 24.2 Å². The third kappa shape index (κ3) is 3.65. The second-order valence-corrected chi connectivity index (χ2v) is 6.47. The quantitative estimate of drug-likeness (QED) is 0.939. The molecule has 1 unspecified atom stereocenters. The van der Waals surface area contributed by atoms with E-state index in [2.05, 4.69) is 5.32 Å². The van der Waals surface area contributed by atoms with Gasteiger partial charge in [-0.15, -0.1) is 0 Å². The number of aryl methyl sites for hydroxylation is 2. The van der Waals surface area contributed by atoms with Gasteiger partial charge in [-0.05, 0) is 36.6 Å². The van der Waals surface area contributed by atoms with Crippen LogP contribution in [0.4, 0.5) is 5.69 Å². The number of likely N-dealkylation sites (tertiary alicyclic amines) is 1. The number of carbonyl (C=O) groups is 2. The number of benzene rings is 2. The molecule has 0 aliphatic carbocycles. The molecule has 1 fully saturated rings. The first-order valence-corrected chi connectivity index (χ1v) is 8.23. The first kappa shape index (κ1) is 16.2. The molecule has 1 saturated heterocycles. The summed E-state index contributed by atoms with van der Waals surface area (Å²) in [6.07, 6.45) is 0.281. The third-order valence-electron chi connectivity index (χ3n) is 4.45. The molecule has 4 nitrogen and oxygen atoms in total. The second-order valence-electron chi connectivity index (χ2n) is 6.47. The molecule has 1 atom stereocenters. The maximum Gasteiger partial charge on any atom is 0.229 e. The van der Waals surface area contributed by atoms with Gasteiger partial charge in [-0.1, -0.05) is 42.5 Å². The van der Waals surface area contributed by atoms with Crippen molar-refractivity contribution in [1.82, 2.24) is 4.90 Å². The van der Waals surface area contributed by atoms with Crippen molar-refractivity contribution < 1.29 is 9.59 Å². The fourth-order valence-electron chi connectivity index (χ4n) is 3.01. The number of hydrogen-bond acceptors (Lipinski definition) is 2. The summed E-state index contributed by atoms with van der Waals surface area (Å²) in [4.78, 5) is 26.5. The first-order chi connectivity index (χ1) is 11.5. The Morgan fingerprint density at radius 3 is 2.67 bits per heavy atom. The van der Waals surface area contributed by atoms with Gasteiger partial charge in [0.25, 0.3) is 0 Å². The van der Waals surface area contributed by atoms with Crippen LogP contribution in [0.5, 0.6) is 0 Å². The summed E-state index contributed by atoms with van der Waals surface area (Å²) in [6, 6.07) is 15.8. The van der Waals surface area contributed by atoms with E-state index in [4.69, 9.17) is 0 Å². The van der Waals surface area contributed by atoms with E-state index in [0.717, 1.165) is 22.4 Å². The van der Waals surface area contributed by atoms with Gasteiger partial charge < -0.3 is 10.2 Å². The lowest BCUT2D eigenvalue weighted by Gasteiger charge is -2.17. The van der Waals surface area contributed by atoms with E-state index >= 15 is 0 Å². The summed E-state index contributed by atoms with van der Waals surface area (Å²) in [6.45, 7) is 5.00. The summed E-state index contributed by atoms with van der Waals surface area (Å²) in [5, 5.41) is 2.98. The van der Waals surface area contributed by atoms with Crippen molar-refractivity contribution in [2.24, 2.45) is 5.92 Å². The molecule has 124 valence electrons. The predicted octanol–water partition coefficient (Wildman–Crippen LogP) is 3.29. The van der Waals surface area contributed by atoms with E-state index in [1.807, 2.05) is 62.4 Å². The molecule has 0 aromatic heterocycles. The fraction of sp³-hybridized carbons (Fsp3) is 0.300. The van der Waals surface area contributed by atoms with Crippen molar-refractivity contribution in [3.63, 3.8) is 0 Å². The molecule has 1 heterocycles. The van der Waals surface area contributed by atoms with E-state index in [0.29, 0.717) is 13.1 Å². The number of anilines is 1. The Hall–Kier alpha value is -2.62. The van der Waals surface area contributed by atoms with Crippen molar-refractivity contribution >= 4 is 17.5 Å². The number of carbonyl (C=O) groups excluding carboxylic acids is 2. The molecule has 24 heavy (non-hydrogen) atoms. The molecule has 4 heteroatoms. The number of hydrogen-bond donors (Lipinski definition) is 1. The molecular formula is C20H22N2O2. The van der Waals surface area contributed by atoms with E-state index in [1.54, 1.807) is 4.90 Å². The summed E-state index contributed by atoms with van der Waals surface area (Å²) in [7, 11) is 0. The SMILES string of the molecule is Cc1ccc(C)c(NC(=O)C2CC(=O)N(Cc3ccccc3)C2)c1. The maximum absolute atomic E-state index is 12.5.